The number of nitriles is 1. The maximum absolute atomic E-state index is 12.6. The lowest BCUT2D eigenvalue weighted by Gasteiger charge is -2.30. The minimum atomic E-state index is -0.442. The molecule has 1 aliphatic heterocycles. The van der Waals surface area contributed by atoms with Crippen LogP contribution in [0.5, 0.6) is 0 Å². The standard InChI is InChI=1S/C9H14O2.C8H6FN.C3H6/c1-6-5-9(3,4)11-8(10)7(6)2;1-6-2-3-7(5-10)8(9)4-6;1-3-2/h5H2,1-4H3;2-4H,1H3;3H,1H2,2H3. The van der Waals surface area contributed by atoms with Crippen LogP contribution in [0.3, 0.4) is 0 Å². The summed E-state index contributed by atoms with van der Waals surface area (Å²) in [5.41, 5.74) is 2.54. The van der Waals surface area contributed by atoms with Gasteiger partial charge in [0.05, 0.1) is 5.56 Å². The van der Waals surface area contributed by atoms with Gasteiger partial charge in [-0.3, -0.25) is 0 Å². The molecule has 1 heterocycles. The van der Waals surface area contributed by atoms with Gasteiger partial charge in [0.2, 0.25) is 0 Å². The summed E-state index contributed by atoms with van der Waals surface area (Å²) in [6, 6.07) is 6.28. The second kappa shape index (κ2) is 9.67. The molecule has 0 fully saturated rings. The summed E-state index contributed by atoms with van der Waals surface area (Å²) >= 11 is 0. The first-order chi connectivity index (χ1) is 11.1. The molecule has 24 heavy (non-hydrogen) atoms. The maximum atomic E-state index is 12.6. The van der Waals surface area contributed by atoms with Gasteiger partial charge in [-0.2, -0.15) is 5.26 Å². The zero-order valence-corrected chi connectivity index (χ0v) is 15.4. The van der Waals surface area contributed by atoms with Crippen molar-refractivity contribution in [1.82, 2.24) is 0 Å². The molecule has 1 aromatic rings. The Morgan fingerprint density at radius 1 is 1.33 bits per heavy atom. The van der Waals surface area contributed by atoms with Gasteiger partial charge < -0.3 is 4.74 Å². The highest BCUT2D eigenvalue weighted by Gasteiger charge is 2.30. The highest BCUT2D eigenvalue weighted by Crippen LogP contribution is 2.28. The predicted molar refractivity (Wildman–Crippen MR) is 94.9 cm³/mol. The number of nitrogens with zero attached hydrogens (tertiary/aromatic N) is 1. The van der Waals surface area contributed by atoms with Crippen LogP contribution >= 0.6 is 0 Å². The molecule has 1 aliphatic rings. The zero-order valence-electron chi connectivity index (χ0n) is 15.4. The number of benzene rings is 1. The average molecular weight is 331 g/mol. The predicted octanol–water partition coefficient (Wildman–Crippen LogP) is 5.25. The lowest BCUT2D eigenvalue weighted by molar-refractivity contribution is -0.153. The molecule has 0 bridgehead atoms. The van der Waals surface area contributed by atoms with E-state index in [1.807, 2.05) is 34.6 Å². The molecule has 0 radical (unpaired) electrons. The second-order valence-electron chi connectivity index (χ2n) is 6.23. The van der Waals surface area contributed by atoms with E-state index in [9.17, 15) is 9.18 Å². The fraction of sp³-hybridized carbons (Fsp3) is 0.400. The molecule has 1 aromatic carbocycles. The summed E-state index contributed by atoms with van der Waals surface area (Å²) in [4.78, 5) is 11.1. The van der Waals surface area contributed by atoms with Crippen LogP contribution in [-0.2, 0) is 9.53 Å². The minimum absolute atomic E-state index is 0.102. The van der Waals surface area contributed by atoms with E-state index in [0.29, 0.717) is 0 Å². The molecule has 0 aromatic heterocycles. The van der Waals surface area contributed by atoms with Crippen molar-refractivity contribution in [2.75, 3.05) is 0 Å². The van der Waals surface area contributed by atoms with Crippen molar-refractivity contribution in [3.05, 3.63) is 58.9 Å². The second-order valence-corrected chi connectivity index (χ2v) is 6.23. The van der Waals surface area contributed by atoms with Gasteiger partial charge in [0.25, 0.3) is 0 Å². The number of esters is 1. The van der Waals surface area contributed by atoms with Crippen molar-refractivity contribution in [3.8, 4) is 6.07 Å². The number of cyclic esters (lactones) is 1. The third-order valence-corrected chi connectivity index (χ3v) is 3.25. The summed E-state index contributed by atoms with van der Waals surface area (Å²) in [5.74, 6) is -0.610. The van der Waals surface area contributed by atoms with E-state index in [-0.39, 0.29) is 17.1 Å². The Kier molecular flexibility index (Phi) is 8.70. The summed E-state index contributed by atoms with van der Waals surface area (Å²) in [5, 5.41) is 8.32. The molecule has 0 spiro atoms. The number of rotatable bonds is 0. The van der Waals surface area contributed by atoms with Gasteiger partial charge in [0.15, 0.2) is 0 Å². The molecular weight excluding hydrogens is 305 g/mol. The quantitative estimate of drug-likeness (QED) is 0.482. The summed E-state index contributed by atoms with van der Waals surface area (Å²) in [6.07, 6.45) is 2.60. The third kappa shape index (κ3) is 7.23. The number of hydrogen-bond donors (Lipinski definition) is 0. The number of allylic oxidation sites excluding steroid dienone is 1. The number of halogens is 1. The molecule has 0 saturated carbocycles. The van der Waals surface area contributed by atoms with Gasteiger partial charge in [0, 0.05) is 12.0 Å². The third-order valence-electron chi connectivity index (χ3n) is 3.25. The first-order valence-corrected chi connectivity index (χ1v) is 7.71. The highest BCUT2D eigenvalue weighted by atomic mass is 19.1. The Morgan fingerprint density at radius 2 is 1.88 bits per heavy atom. The normalized spacial score (nSPS) is 15.0. The lowest BCUT2D eigenvalue weighted by Crippen LogP contribution is -2.33. The summed E-state index contributed by atoms with van der Waals surface area (Å²) < 4.78 is 17.8. The first kappa shape index (κ1) is 21.6. The van der Waals surface area contributed by atoms with Gasteiger partial charge in [0.1, 0.15) is 17.5 Å². The fourth-order valence-corrected chi connectivity index (χ4v) is 2.02. The molecule has 0 atom stereocenters. The Labute approximate surface area is 144 Å². The van der Waals surface area contributed by atoms with E-state index in [2.05, 4.69) is 6.58 Å². The van der Waals surface area contributed by atoms with Crippen LogP contribution in [0.1, 0.15) is 52.2 Å². The van der Waals surface area contributed by atoms with Crippen LogP contribution in [0.15, 0.2) is 42.0 Å². The largest absolute Gasteiger partial charge is 0.456 e. The van der Waals surface area contributed by atoms with E-state index in [0.717, 1.165) is 23.1 Å². The molecule has 0 unspecified atom stereocenters. The number of carbonyl (C=O) groups is 1. The van der Waals surface area contributed by atoms with Gasteiger partial charge in [-0.05, 0) is 59.2 Å². The van der Waals surface area contributed by atoms with Gasteiger partial charge >= 0.3 is 5.97 Å². The smallest absolute Gasteiger partial charge is 0.334 e. The van der Waals surface area contributed by atoms with Crippen LogP contribution in [0.4, 0.5) is 4.39 Å². The van der Waals surface area contributed by atoms with E-state index >= 15 is 0 Å². The molecule has 130 valence electrons. The van der Waals surface area contributed by atoms with E-state index in [1.165, 1.54) is 12.1 Å². The Bertz CT molecular complexity index is 667. The first-order valence-electron chi connectivity index (χ1n) is 7.71. The average Bonchev–Trinajstić information content (AvgIpc) is 2.45. The minimum Gasteiger partial charge on any atom is -0.456 e. The maximum Gasteiger partial charge on any atom is 0.334 e. The molecule has 4 heteroatoms. The Morgan fingerprint density at radius 3 is 2.29 bits per heavy atom. The fourth-order valence-electron chi connectivity index (χ4n) is 2.02. The number of aryl methyl sites for hydroxylation is 1. The van der Waals surface area contributed by atoms with E-state index < -0.39 is 5.82 Å². The molecule has 2 rings (SSSR count). The topological polar surface area (TPSA) is 50.1 Å². The lowest BCUT2D eigenvalue weighted by atomic mass is 9.93. The highest BCUT2D eigenvalue weighted by molar-refractivity contribution is 5.89. The van der Waals surface area contributed by atoms with E-state index in [1.54, 1.807) is 25.1 Å². The summed E-state index contributed by atoms with van der Waals surface area (Å²) in [6.45, 7) is 14.7. The zero-order chi connectivity index (χ0) is 18.9. The summed E-state index contributed by atoms with van der Waals surface area (Å²) in [7, 11) is 0. The Balaban J connectivity index is 0.000000381. The van der Waals surface area contributed by atoms with Crippen molar-refractivity contribution in [1.29, 1.82) is 5.26 Å². The van der Waals surface area contributed by atoms with Crippen molar-refractivity contribution >= 4 is 5.97 Å². The number of carbonyl (C=O) groups excluding carboxylic acids is 1. The van der Waals surface area contributed by atoms with Crippen LogP contribution in [-0.4, -0.2) is 11.6 Å². The van der Waals surface area contributed by atoms with Gasteiger partial charge in [-0.15, -0.1) is 6.58 Å². The van der Waals surface area contributed by atoms with Crippen molar-refractivity contribution in [2.45, 2.75) is 53.6 Å². The van der Waals surface area contributed by atoms with Gasteiger partial charge in [-0.25, -0.2) is 9.18 Å². The molecule has 0 amide bonds. The van der Waals surface area contributed by atoms with Crippen molar-refractivity contribution in [2.24, 2.45) is 0 Å². The molecule has 0 saturated heterocycles. The van der Waals surface area contributed by atoms with Crippen LogP contribution in [0, 0.1) is 24.1 Å². The van der Waals surface area contributed by atoms with Crippen LogP contribution < -0.4 is 0 Å². The SMILES string of the molecule is C=CC.CC1=C(C)C(=O)OC(C)(C)C1.Cc1ccc(C#N)c(F)c1. The van der Waals surface area contributed by atoms with E-state index in [4.69, 9.17) is 10.00 Å². The molecule has 0 N–H and O–H groups in total. The molecule has 0 aliphatic carbocycles. The van der Waals surface area contributed by atoms with Gasteiger partial charge in [-0.1, -0.05) is 17.7 Å². The number of hydrogen-bond acceptors (Lipinski definition) is 3. The molecule has 3 nitrogen and oxygen atoms in total. The van der Waals surface area contributed by atoms with Crippen molar-refractivity contribution in [3.63, 3.8) is 0 Å². The van der Waals surface area contributed by atoms with Crippen molar-refractivity contribution < 1.29 is 13.9 Å². The Hall–Kier alpha value is -2.41. The van der Waals surface area contributed by atoms with Crippen LogP contribution in [0.2, 0.25) is 0 Å². The monoisotopic (exact) mass is 331 g/mol. The number of ether oxygens (including phenoxy) is 1. The van der Waals surface area contributed by atoms with Crippen LogP contribution in [0.25, 0.3) is 0 Å². The molecular formula is C20H26FNO2.